The maximum Gasteiger partial charge on any atom is 0.308 e. The molecule has 0 saturated carbocycles. The van der Waals surface area contributed by atoms with Gasteiger partial charge in [0, 0.05) is 13.1 Å². The Labute approximate surface area is 112 Å². The standard InChI is InChI=1S/C12H19NO5S/c14-11(10-5-1-2-7-19(10,17)18)13-6-3-4-9(8-13)12(15)16/h9-10H,1-8H2,(H,15,16). The van der Waals surface area contributed by atoms with Crippen molar-refractivity contribution in [2.45, 2.75) is 37.4 Å². The molecule has 0 aromatic carbocycles. The zero-order valence-corrected chi connectivity index (χ0v) is 11.6. The Kier molecular flexibility index (Phi) is 4.13. The van der Waals surface area contributed by atoms with Crippen molar-refractivity contribution in [1.82, 2.24) is 4.90 Å². The molecule has 0 bridgehead atoms. The number of amides is 1. The van der Waals surface area contributed by atoms with Crippen molar-refractivity contribution in [3.63, 3.8) is 0 Å². The normalized spacial score (nSPS) is 30.8. The van der Waals surface area contributed by atoms with Gasteiger partial charge in [0.25, 0.3) is 0 Å². The fourth-order valence-corrected chi connectivity index (χ4v) is 4.69. The van der Waals surface area contributed by atoms with Gasteiger partial charge >= 0.3 is 5.97 Å². The van der Waals surface area contributed by atoms with E-state index in [0.717, 1.165) is 6.42 Å². The molecule has 0 aliphatic carbocycles. The molecule has 2 heterocycles. The summed E-state index contributed by atoms with van der Waals surface area (Å²) in [5.41, 5.74) is 0. The van der Waals surface area contributed by atoms with E-state index in [1.807, 2.05) is 0 Å². The number of carboxylic acid groups (broad SMARTS) is 1. The number of sulfone groups is 1. The molecule has 19 heavy (non-hydrogen) atoms. The highest BCUT2D eigenvalue weighted by Crippen LogP contribution is 2.24. The highest BCUT2D eigenvalue weighted by atomic mass is 32.2. The molecule has 2 aliphatic heterocycles. The number of hydrogen-bond acceptors (Lipinski definition) is 4. The first-order valence-corrected chi connectivity index (χ1v) is 8.36. The molecule has 2 fully saturated rings. The fourth-order valence-electron chi connectivity index (χ4n) is 2.81. The zero-order valence-electron chi connectivity index (χ0n) is 10.7. The highest BCUT2D eigenvalue weighted by molar-refractivity contribution is 7.92. The molecule has 0 spiro atoms. The Morgan fingerprint density at radius 3 is 2.47 bits per heavy atom. The molecule has 0 aromatic heterocycles. The van der Waals surface area contributed by atoms with Crippen LogP contribution in [0.15, 0.2) is 0 Å². The minimum Gasteiger partial charge on any atom is -0.481 e. The summed E-state index contributed by atoms with van der Waals surface area (Å²) >= 11 is 0. The lowest BCUT2D eigenvalue weighted by molar-refractivity contribution is -0.145. The van der Waals surface area contributed by atoms with Crippen LogP contribution in [0.1, 0.15) is 32.1 Å². The van der Waals surface area contributed by atoms with E-state index >= 15 is 0 Å². The molecule has 7 heteroatoms. The molecule has 6 nitrogen and oxygen atoms in total. The van der Waals surface area contributed by atoms with Crippen LogP contribution in [0.25, 0.3) is 0 Å². The molecule has 2 rings (SSSR count). The summed E-state index contributed by atoms with van der Waals surface area (Å²) < 4.78 is 23.8. The summed E-state index contributed by atoms with van der Waals surface area (Å²) in [6, 6.07) is 0. The summed E-state index contributed by atoms with van der Waals surface area (Å²) in [5.74, 6) is -1.81. The number of carboxylic acids is 1. The van der Waals surface area contributed by atoms with Crippen molar-refractivity contribution < 1.29 is 23.1 Å². The van der Waals surface area contributed by atoms with E-state index in [4.69, 9.17) is 5.11 Å². The summed E-state index contributed by atoms with van der Waals surface area (Å²) in [7, 11) is -3.35. The van der Waals surface area contributed by atoms with Crippen LogP contribution in [0.2, 0.25) is 0 Å². The smallest absolute Gasteiger partial charge is 0.308 e. The highest BCUT2D eigenvalue weighted by Gasteiger charge is 2.39. The number of likely N-dealkylation sites (tertiary alicyclic amines) is 1. The van der Waals surface area contributed by atoms with Gasteiger partial charge in [-0.15, -0.1) is 0 Å². The zero-order chi connectivity index (χ0) is 14.0. The first-order chi connectivity index (χ1) is 8.92. The molecule has 1 amide bonds. The predicted molar refractivity (Wildman–Crippen MR) is 68.4 cm³/mol. The lowest BCUT2D eigenvalue weighted by atomic mass is 9.98. The lowest BCUT2D eigenvalue weighted by Crippen LogP contribution is -2.49. The average Bonchev–Trinajstić information content (AvgIpc) is 2.37. The van der Waals surface area contributed by atoms with Crippen LogP contribution >= 0.6 is 0 Å². The van der Waals surface area contributed by atoms with Crippen molar-refractivity contribution in [3.05, 3.63) is 0 Å². The Morgan fingerprint density at radius 1 is 1.11 bits per heavy atom. The maximum absolute atomic E-state index is 12.3. The van der Waals surface area contributed by atoms with Gasteiger partial charge in [-0.2, -0.15) is 0 Å². The number of piperidine rings is 1. The SMILES string of the molecule is O=C(O)C1CCCN(C(=O)C2CCCCS2(=O)=O)C1. The number of rotatable bonds is 2. The number of hydrogen-bond donors (Lipinski definition) is 1. The van der Waals surface area contributed by atoms with Gasteiger partial charge in [0.15, 0.2) is 9.84 Å². The first kappa shape index (κ1) is 14.3. The molecule has 2 aliphatic rings. The molecule has 2 saturated heterocycles. The van der Waals surface area contributed by atoms with Crippen LogP contribution in [0.4, 0.5) is 0 Å². The van der Waals surface area contributed by atoms with Gasteiger partial charge in [0.1, 0.15) is 5.25 Å². The van der Waals surface area contributed by atoms with Crippen LogP contribution in [0.3, 0.4) is 0 Å². The number of carbonyl (C=O) groups excluding carboxylic acids is 1. The van der Waals surface area contributed by atoms with Gasteiger partial charge in [0.2, 0.25) is 5.91 Å². The maximum atomic E-state index is 12.3. The Balaban J connectivity index is 2.08. The molecule has 0 aromatic rings. The van der Waals surface area contributed by atoms with Crippen molar-refractivity contribution >= 4 is 21.7 Å². The molecule has 2 unspecified atom stereocenters. The van der Waals surface area contributed by atoms with E-state index in [0.29, 0.717) is 32.2 Å². The average molecular weight is 289 g/mol. The monoisotopic (exact) mass is 289 g/mol. The second-order valence-electron chi connectivity index (χ2n) is 5.31. The second-order valence-corrected chi connectivity index (χ2v) is 7.62. The summed E-state index contributed by atoms with van der Waals surface area (Å²) in [6.07, 6.45) is 2.90. The van der Waals surface area contributed by atoms with Gasteiger partial charge in [-0.05, 0) is 25.7 Å². The van der Waals surface area contributed by atoms with Gasteiger partial charge in [-0.3, -0.25) is 9.59 Å². The minimum atomic E-state index is -3.35. The van der Waals surface area contributed by atoms with Crippen molar-refractivity contribution in [2.24, 2.45) is 5.92 Å². The lowest BCUT2D eigenvalue weighted by Gasteiger charge is -2.34. The van der Waals surface area contributed by atoms with Crippen molar-refractivity contribution in [2.75, 3.05) is 18.8 Å². The van der Waals surface area contributed by atoms with Gasteiger partial charge in [-0.25, -0.2) is 8.42 Å². The Bertz CT molecular complexity index is 473. The second kappa shape index (κ2) is 5.48. The third-order valence-electron chi connectivity index (χ3n) is 3.94. The van der Waals surface area contributed by atoms with E-state index in [1.54, 1.807) is 0 Å². The van der Waals surface area contributed by atoms with E-state index in [1.165, 1.54) is 4.90 Å². The predicted octanol–water partition coefficient (Wildman–Crippen LogP) is 0.277. The third-order valence-corrected chi connectivity index (χ3v) is 6.10. The summed E-state index contributed by atoms with van der Waals surface area (Å²) in [4.78, 5) is 24.7. The quantitative estimate of drug-likeness (QED) is 0.788. The summed E-state index contributed by atoms with van der Waals surface area (Å²) in [5, 5.41) is 8.04. The van der Waals surface area contributed by atoms with E-state index in [9.17, 15) is 18.0 Å². The van der Waals surface area contributed by atoms with Gasteiger partial charge in [-0.1, -0.05) is 6.42 Å². The largest absolute Gasteiger partial charge is 0.481 e. The van der Waals surface area contributed by atoms with Crippen LogP contribution in [-0.2, 0) is 19.4 Å². The Hall–Kier alpha value is -1.11. The fraction of sp³-hybridized carbons (Fsp3) is 0.833. The van der Waals surface area contributed by atoms with Crippen LogP contribution in [-0.4, -0.2) is 54.4 Å². The van der Waals surface area contributed by atoms with Crippen molar-refractivity contribution in [1.29, 1.82) is 0 Å². The van der Waals surface area contributed by atoms with Gasteiger partial charge < -0.3 is 10.0 Å². The van der Waals surface area contributed by atoms with Crippen LogP contribution in [0, 0.1) is 5.92 Å². The minimum absolute atomic E-state index is 0.0691. The molecule has 108 valence electrons. The van der Waals surface area contributed by atoms with Crippen LogP contribution in [0.5, 0.6) is 0 Å². The number of carbonyl (C=O) groups is 2. The number of aliphatic carboxylic acids is 1. The molecule has 1 N–H and O–H groups in total. The summed E-state index contributed by atoms with van der Waals surface area (Å²) in [6.45, 7) is 0.606. The molecular formula is C12H19NO5S. The van der Waals surface area contributed by atoms with Crippen LogP contribution < -0.4 is 0 Å². The van der Waals surface area contributed by atoms with E-state index in [-0.39, 0.29) is 12.3 Å². The Morgan fingerprint density at radius 2 is 1.84 bits per heavy atom. The molecule has 0 radical (unpaired) electrons. The van der Waals surface area contributed by atoms with E-state index in [2.05, 4.69) is 0 Å². The molecular weight excluding hydrogens is 270 g/mol. The molecule has 2 atom stereocenters. The topological polar surface area (TPSA) is 91.8 Å². The van der Waals surface area contributed by atoms with E-state index < -0.39 is 32.9 Å². The first-order valence-electron chi connectivity index (χ1n) is 6.65. The number of nitrogens with zero attached hydrogens (tertiary/aromatic N) is 1. The third kappa shape index (κ3) is 3.08. The van der Waals surface area contributed by atoms with Crippen molar-refractivity contribution in [3.8, 4) is 0 Å². The van der Waals surface area contributed by atoms with Gasteiger partial charge in [0.05, 0.1) is 11.7 Å².